The SMILES string of the molecule is CCCCCCCCCCCCC(CCCCCCCCCC)CN1C(=O)Cc2ccc(Br)cc2C1=O. The second-order valence-corrected chi connectivity index (χ2v) is 12.3. The summed E-state index contributed by atoms with van der Waals surface area (Å²) in [5.41, 5.74) is 1.56. The minimum atomic E-state index is -0.100. The predicted molar refractivity (Wildman–Crippen MR) is 161 cm³/mol. The average Bonchev–Trinajstić information content (AvgIpc) is 2.89. The third-order valence-electron chi connectivity index (χ3n) is 8.06. The van der Waals surface area contributed by atoms with E-state index in [2.05, 4.69) is 29.8 Å². The van der Waals surface area contributed by atoms with Crippen molar-refractivity contribution in [3.8, 4) is 0 Å². The van der Waals surface area contributed by atoms with Crippen LogP contribution in [0.3, 0.4) is 0 Å². The lowest BCUT2D eigenvalue weighted by Crippen LogP contribution is -2.44. The summed E-state index contributed by atoms with van der Waals surface area (Å²) in [5.74, 6) is 0.302. The van der Waals surface area contributed by atoms with Gasteiger partial charge in [-0.3, -0.25) is 14.5 Å². The molecule has 1 unspecified atom stereocenters. The number of amides is 2. The molecule has 0 spiro atoms. The van der Waals surface area contributed by atoms with E-state index in [1.54, 1.807) is 4.90 Å². The van der Waals surface area contributed by atoms with Crippen molar-refractivity contribution in [1.82, 2.24) is 4.90 Å². The van der Waals surface area contributed by atoms with Crippen LogP contribution in [0.1, 0.15) is 158 Å². The van der Waals surface area contributed by atoms with Gasteiger partial charge in [-0.25, -0.2) is 0 Å². The number of benzene rings is 1. The Hall–Kier alpha value is -1.16. The highest BCUT2D eigenvalue weighted by atomic mass is 79.9. The molecule has 0 aliphatic carbocycles. The van der Waals surface area contributed by atoms with Crippen LogP contribution in [0.5, 0.6) is 0 Å². The molecule has 0 N–H and O–H groups in total. The molecule has 1 atom stereocenters. The van der Waals surface area contributed by atoms with Crippen LogP contribution < -0.4 is 0 Å². The zero-order chi connectivity index (χ0) is 26.7. The Kier molecular flexibility index (Phi) is 17.2. The molecule has 2 rings (SSSR count). The predicted octanol–water partition coefficient (Wildman–Crippen LogP) is 10.4. The van der Waals surface area contributed by atoms with Gasteiger partial charge in [-0.15, -0.1) is 0 Å². The maximum Gasteiger partial charge on any atom is 0.260 e. The largest absolute Gasteiger partial charge is 0.278 e. The van der Waals surface area contributed by atoms with Crippen molar-refractivity contribution >= 4 is 27.7 Å². The minimum Gasteiger partial charge on any atom is -0.278 e. The molecule has 0 bridgehead atoms. The van der Waals surface area contributed by atoms with Gasteiger partial charge in [0, 0.05) is 16.6 Å². The first-order valence-electron chi connectivity index (χ1n) is 15.7. The summed E-state index contributed by atoms with van der Waals surface area (Å²) in [7, 11) is 0. The van der Waals surface area contributed by atoms with Crippen molar-refractivity contribution in [1.29, 1.82) is 0 Å². The van der Waals surface area contributed by atoms with Crippen LogP contribution in [0.15, 0.2) is 22.7 Å². The van der Waals surface area contributed by atoms with Crippen LogP contribution in [-0.4, -0.2) is 23.3 Å². The number of halogens is 1. The minimum absolute atomic E-state index is 0.0242. The highest BCUT2D eigenvalue weighted by Crippen LogP contribution is 2.27. The molecule has 2 amide bonds. The number of imide groups is 1. The monoisotopic (exact) mass is 575 g/mol. The molecule has 3 nitrogen and oxygen atoms in total. The average molecular weight is 577 g/mol. The molecule has 4 heteroatoms. The van der Waals surface area contributed by atoms with Gasteiger partial charge >= 0.3 is 0 Å². The van der Waals surface area contributed by atoms with E-state index in [0.29, 0.717) is 24.4 Å². The molecular weight excluding hydrogens is 522 g/mol. The van der Waals surface area contributed by atoms with E-state index in [1.165, 1.54) is 116 Å². The summed E-state index contributed by atoms with van der Waals surface area (Å²) in [6, 6.07) is 5.71. The Bertz CT molecular complexity index is 778. The maximum absolute atomic E-state index is 13.2. The molecule has 210 valence electrons. The van der Waals surface area contributed by atoms with Crippen LogP contribution in [-0.2, 0) is 11.2 Å². The fraction of sp³-hybridized carbons (Fsp3) is 0.758. The number of nitrogens with zero attached hydrogens (tertiary/aromatic N) is 1. The Morgan fingerprint density at radius 3 is 1.65 bits per heavy atom. The summed E-state index contributed by atoms with van der Waals surface area (Å²) in [6.07, 6.45) is 26.6. The highest BCUT2D eigenvalue weighted by Gasteiger charge is 2.32. The van der Waals surface area contributed by atoms with Gasteiger partial charge in [-0.1, -0.05) is 151 Å². The van der Waals surface area contributed by atoms with Gasteiger partial charge in [0.05, 0.1) is 6.42 Å². The fourth-order valence-corrected chi connectivity index (χ4v) is 6.04. The molecule has 1 aromatic carbocycles. The summed E-state index contributed by atoms with van der Waals surface area (Å²) in [6.45, 7) is 5.14. The number of unbranched alkanes of at least 4 members (excludes halogenated alkanes) is 16. The Labute approximate surface area is 236 Å². The molecule has 1 aliphatic rings. The molecule has 1 aromatic rings. The molecule has 0 aromatic heterocycles. The summed E-state index contributed by atoms with van der Waals surface area (Å²) in [4.78, 5) is 27.7. The second kappa shape index (κ2) is 19.8. The topological polar surface area (TPSA) is 37.4 Å². The first kappa shape index (κ1) is 32.1. The van der Waals surface area contributed by atoms with Crippen molar-refractivity contribution in [2.45, 2.75) is 149 Å². The van der Waals surface area contributed by atoms with Crippen molar-refractivity contribution in [2.75, 3.05) is 6.54 Å². The first-order valence-corrected chi connectivity index (χ1v) is 16.5. The van der Waals surface area contributed by atoms with E-state index >= 15 is 0 Å². The van der Waals surface area contributed by atoms with Crippen molar-refractivity contribution < 1.29 is 9.59 Å². The number of carbonyl (C=O) groups excluding carboxylic acids is 2. The zero-order valence-electron chi connectivity index (χ0n) is 24.0. The lowest BCUT2D eigenvalue weighted by Gasteiger charge is -2.30. The van der Waals surface area contributed by atoms with Gasteiger partial charge in [0.2, 0.25) is 5.91 Å². The van der Waals surface area contributed by atoms with Crippen molar-refractivity contribution in [2.24, 2.45) is 5.92 Å². The van der Waals surface area contributed by atoms with Crippen LogP contribution in [0.2, 0.25) is 0 Å². The normalized spacial score (nSPS) is 14.3. The molecule has 1 heterocycles. The molecule has 0 radical (unpaired) electrons. The lowest BCUT2D eigenvalue weighted by atomic mass is 9.91. The van der Waals surface area contributed by atoms with Gasteiger partial charge in [0.1, 0.15) is 0 Å². The Morgan fingerprint density at radius 1 is 0.703 bits per heavy atom. The Morgan fingerprint density at radius 2 is 1.16 bits per heavy atom. The molecule has 0 saturated carbocycles. The van der Waals surface area contributed by atoms with Crippen LogP contribution in [0.25, 0.3) is 0 Å². The van der Waals surface area contributed by atoms with E-state index in [-0.39, 0.29) is 11.8 Å². The zero-order valence-corrected chi connectivity index (χ0v) is 25.6. The van der Waals surface area contributed by atoms with Crippen LogP contribution in [0, 0.1) is 5.92 Å². The first-order chi connectivity index (χ1) is 18.1. The standard InChI is InChI=1S/C33H54BrNO2/c1-3-5-7-9-11-13-14-16-18-20-22-28(21-19-17-15-12-10-8-6-4-2)27-35-32(36)25-29-23-24-30(34)26-31(29)33(35)37/h23-24,26,28H,3-22,25,27H2,1-2H3. The number of hydrogen-bond acceptors (Lipinski definition) is 2. The lowest BCUT2D eigenvalue weighted by molar-refractivity contribution is -0.129. The van der Waals surface area contributed by atoms with Gasteiger partial charge in [-0.05, 0) is 36.5 Å². The quantitative estimate of drug-likeness (QED) is 0.102. The molecule has 1 aliphatic heterocycles. The van der Waals surface area contributed by atoms with Crippen molar-refractivity contribution in [3.05, 3.63) is 33.8 Å². The van der Waals surface area contributed by atoms with Crippen molar-refractivity contribution in [3.63, 3.8) is 0 Å². The molecule has 37 heavy (non-hydrogen) atoms. The van der Waals surface area contributed by atoms with E-state index in [0.717, 1.165) is 22.9 Å². The van der Waals surface area contributed by atoms with E-state index in [4.69, 9.17) is 0 Å². The van der Waals surface area contributed by atoms with Gasteiger partial charge in [0.25, 0.3) is 5.91 Å². The van der Waals surface area contributed by atoms with E-state index in [1.807, 2.05) is 18.2 Å². The number of fused-ring (bicyclic) bond motifs is 1. The number of hydrogen-bond donors (Lipinski definition) is 0. The Balaban J connectivity index is 1.79. The number of rotatable bonds is 22. The molecule has 0 fully saturated rings. The second-order valence-electron chi connectivity index (χ2n) is 11.4. The maximum atomic E-state index is 13.2. The van der Waals surface area contributed by atoms with Gasteiger partial charge in [0.15, 0.2) is 0 Å². The van der Waals surface area contributed by atoms with Crippen LogP contribution in [0.4, 0.5) is 0 Å². The summed E-state index contributed by atoms with van der Waals surface area (Å²) in [5, 5.41) is 0. The van der Waals surface area contributed by atoms with E-state index in [9.17, 15) is 9.59 Å². The van der Waals surface area contributed by atoms with E-state index < -0.39 is 0 Å². The number of carbonyl (C=O) groups is 2. The highest BCUT2D eigenvalue weighted by molar-refractivity contribution is 9.10. The molecule has 0 saturated heterocycles. The third kappa shape index (κ3) is 13.0. The third-order valence-corrected chi connectivity index (χ3v) is 8.56. The smallest absolute Gasteiger partial charge is 0.260 e. The summed E-state index contributed by atoms with van der Waals surface area (Å²) < 4.78 is 0.898. The van der Waals surface area contributed by atoms with Gasteiger partial charge in [-0.2, -0.15) is 0 Å². The fourth-order valence-electron chi connectivity index (χ4n) is 5.68. The summed E-state index contributed by atoms with van der Waals surface area (Å²) >= 11 is 3.49. The van der Waals surface area contributed by atoms with Gasteiger partial charge < -0.3 is 0 Å². The van der Waals surface area contributed by atoms with Crippen LogP contribution >= 0.6 is 15.9 Å². The molecular formula is C33H54BrNO2.